The van der Waals surface area contributed by atoms with Crippen LogP contribution in [0.1, 0.15) is 11.1 Å². The van der Waals surface area contributed by atoms with Crippen molar-refractivity contribution in [1.29, 1.82) is 5.26 Å². The molecular weight excluding hydrogens is 252 g/mol. The number of nitriles is 1. The van der Waals surface area contributed by atoms with Crippen LogP contribution in [0, 0.1) is 11.3 Å². The van der Waals surface area contributed by atoms with Crippen LogP contribution >= 0.6 is 0 Å². The number of hydrogen-bond acceptors (Lipinski definition) is 5. The fourth-order valence-corrected chi connectivity index (χ4v) is 2.67. The molecule has 1 aliphatic heterocycles. The minimum Gasteiger partial charge on any atom is -0.496 e. The van der Waals surface area contributed by atoms with E-state index in [0.29, 0.717) is 18.2 Å². The molecule has 1 atom stereocenters. The highest BCUT2D eigenvalue weighted by atomic mass is 16.5. The number of methoxy groups -OCH3 is 1. The quantitative estimate of drug-likeness (QED) is 0.873. The van der Waals surface area contributed by atoms with Crippen molar-refractivity contribution in [2.75, 3.05) is 40.3 Å². The summed E-state index contributed by atoms with van der Waals surface area (Å²) in [6, 6.07) is 8.09. The van der Waals surface area contributed by atoms with Gasteiger partial charge in [0.15, 0.2) is 0 Å². The van der Waals surface area contributed by atoms with Gasteiger partial charge in [-0.15, -0.1) is 0 Å². The first-order valence-electron chi connectivity index (χ1n) is 6.87. The standard InChI is InChI=1S/C15H22N4O/c1-18-5-6-19(14(9-17)11-18)10-13-7-12(8-16)3-4-15(13)20-2/h3-4,7,14H,5-6,9-11,17H2,1-2H3. The molecule has 1 aromatic rings. The molecular formula is C15H22N4O. The van der Waals surface area contributed by atoms with Gasteiger partial charge in [0.1, 0.15) is 5.75 Å². The highest BCUT2D eigenvalue weighted by Gasteiger charge is 2.24. The van der Waals surface area contributed by atoms with Gasteiger partial charge in [-0.1, -0.05) is 0 Å². The molecule has 1 aliphatic rings. The highest BCUT2D eigenvalue weighted by molar-refractivity contribution is 5.42. The third kappa shape index (κ3) is 3.28. The topological polar surface area (TPSA) is 65.5 Å². The monoisotopic (exact) mass is 274 g/mol. The van der Waals surface area contributed by atoms with Crippen LogP contribution in [0.2, 0.25) is 0 Å². The van der Waals surface area contributed by atoms with Crippen molar-refractivity contribution in [2.45, 2.75) is 12.6 Å². The smallest absolute Gasteiger partial charge is 0.123 e. The molecule has 2 N–H and O–H groups in total. The number of benzene rings is 1. The molecule has 108 valence electrons. The van der Waals surface area contributed by atoms with Crippen molar-refractivity contribution < 1.29 is 4.74 Å². The van der Waals surface area contributed by atoms with Crippen molar-refractivity contribution in [1.82, 2.24) is 9.80 Å². The molecule has 0 spiro atoms. The molecule has 1 saturated heterocycles. The van der Waals surface area contributed by atoms with E-state index in [9.17, 15) is 0 Å². The van der Waals surface area contributed by atoms with Gasteiger partial charge >= 0.3 is 0 Å². The predicted molar refractivity (Wildman–Crippen MR) is 78.5 cm³/mol. The largest absolute Gasteiger partial charge is 0.496 e. The number of nitrogens with two attached hydrogens (primary N) is 1. The van der Waals surface area contributed by atoms with Crippen LogP contribution in [0.25, 0.3) is 0 Å². The summed E-state index contributed by atoms with van der Waals surface area (Å²) in [5.41, 5.74) is 7.60. The van der Waals surface area contributed by atoms with Crippen LogP contribution in [0.5, 0.6) is 5.75 Å². The van der Waals surface area contributed by atoms with E-state index in [-0.39, 0.29) is 0 Å². The summed E-state index contributed by atoms with van der Waals surface area (Å²) in [6.45, 7) is 4.42. The van der Waals surface area contributed by atoms with E-state index >= 15 is 0 Å². The van der Waals surface area contributed by atoms with Crippen molar-refractivity contribution >= 4 is 0 Å². The minimum atomic E-state index is 0.351. The maximum atomic E-state index is 9.03. The Morgan fingerprint density at radius 2 is 2.25 bits per heavy atom. The average molecular weight is 274 g/mol. The second-order valence-corrected chi connectivity index (χ2v) is 5.26. The summed E-state index contributed by atoms with van der Waals surface area (Å²) in [4.78, 5) is 4.68. The van der Waals surface area contributed by atoms with Crippen molar-refractivity contribution in [3.05, 3.63) is 29.3 Å². The summed E-state index contributed by atoms with van der Waals surface area (Å²) in [5.74, 6) is 0.832. The summed E-state index contributed by atoms with van der Waals surface area (Å²) < 4.78 is 5.40. The lowest BCUT2D eigenvalue weighted by molar-refractivity contribution is 0.0873. The lowest BCUT2D eigenvalue weighted by Crippen LogP contribution is -2.54. The maximum Gasteiger partial charge on any atom is 0.123 e. The minimum absolute atomic E-state index is 0.351. The molecule has 1 fully saturated rings. The van der Waals surface area contributed by atoms with Crippen molar-refractivity contribution in [3.8, 4) is 11.8 Å². The Kier molecular flexibility index (Phi) is 4.96. The number of rotatable bonds is 4. The molecule has 0 radical (unpaired) electrons. The van der Waals surface area contributed by atoms with Gasteiger partial charge in [0.05, 0.1) is 18.7 Å². The van der Waals surface area contributed by atoms with Gasteiger partial charge in [-0.2, -0.15) is 5.26 Å². The molecule has 20 heavy (non-hydrogen) atoms. The maximum absolute atomic E-state index is 9.03. The van der Waals surface area contributed by atoms with E-state index in [1.54, 1.807) is 13.2 Å². The summed E-state index contributed by atoms with van der Waals surface area (Å²) in [5, 5.41) is 9.03. The highest BCUT2D eigenvalue weighted by Crippen LogP contribution is 2.23. The lowest BCUT2D eigenvalue weighted by Gasteiger charge is -2.39. The molecule has 5 heteroatoms. The number of likely N-dealkylation sites (N-methyl/N-ethyl adjacent to an activating group) is 1. The number of piperazine rings is 1. The van der Waals surface area contributed by atoms with Crippen LogP contribution in [-0.4, -0.2) is 56.2 Å². The first-order valence-corrected chi connectivity index (χ1v) is 6.87. The fraction of sp³-hybridized carbons (Fsp3) is 0.533. The Labute approximate surface area is 120 Å². The zero-order valence-corrected chi connectivity index (χ0v) is 12.2. The normalized spacial score (nSPS) is 20.6. The predicted octanol–water partition coefficient (Wildman–Crippen LogP) is 0.642. The second-order valence-electron chi connectivity index (χ2n) is 5.26. The summed E-state index contributed by atoms with van der Waals surface area (Å²) in [7, 11) is 3.78. The molecule has 0 saturated carbocycles. The van der Waals surface area contributed by atoms with Gasteiger partial charge in [0.2, 0.25) is 0 Å². The molecule has 5 nitrogen and oxygen atoms in total. The van der Waals surface area contributed by atoms with Crippen LogP contribution in [0.15, 0.2) is 18.2 Å². The van der Waals surface area contributed by atoms with Crippen LogP contribution in [-0.2, 0) is 6.54 Å². The molecule has 1 unspecified atom stereocenters. The molecule has 0 bridgehead atoms. The molecule has 2 rings (SSSR count). The molecule has 1 heterocycles. The fourth-order valence-electron chi connectivity index (χ4n) is 2.67. The lowest BCUT2D eigenvalue weighted by atomic mass is 10.1. The molecule has 0 aliphatic carbocycles. The van der Waals surface area contributed by atoms with E-state index in [0.717, 1.165) is 37.5 Å². The first kappa shape index (κ1) is 14.8. The zero-order valence-electron chi connectivity index (χ0n) is 12.2. The van der Waals surface area contributed by atoms with Crippen LogP contribution < -0.4 is 10.5 Å². The molecule has 0 aromatic heterocycles. The SMILES string of the molecule is COc1ccc(C#N)cc1CN1CCN(C)CC1CN. The Hall–Kier alpha value is -1.61. The van der Waals surface area contributed by atoms with Gasteiger partial charge in [-0.05, 0) is 25.2 Å². The van der Waals surface area contributed by atoms with Gasteiger partial charge in [0, 0.05) is 44.3 Å². The van der Waals surface area contributed by atoms with E-state index < -0.39 is 0 Å². The van der Waals surface area contributed by atoms with Crippen molar-refractivity contribution in [2.24, 2.45) is 5.73 Å². The van der Waals surface area contributed by atoms with Gasteiger partial charge in [-0.3, -0.25) is 4.90 Å². The van der Waals surface area contributed by atoms with E-state index in [2.05, 4.69) is 22.9 Å². The second kappa shape index (κ2) is 6.71. The Balaban J connectivity index is 2.18. The van der Waals surface area contributed by atoms with Gasteiger partial charge < -0.3 is 15.4 Å². The van der Waals surface area contributed by atoms with Crippen LogP contribution in [0.3, 0.4) is 0 Å². The van der Waals surface area contributed by atoms with E-state index in [4.69, 9.17) is 15.7 Å². The van der Waals surface area contributed by atoms with E-state index in [1.165, 1.54) is 0 Å². The van der Waals surface area contributed by atoms with Gasteiger partial charge in [0.25, 0.3) is 0 Å². The summed E-state index contributed by atoms with van der Waals surface area (Å²) >= 11 is 0. The number of hydrogen-bond donors (Lipinski definition) is 1. The Morgan fingerprint density at radius 1 is 1.45 bits per heavy atom. The molecule has 0 amide bonds. The van der Waals surface area contributed by atoms with Gasteiger partial charge in [-0.25, -0.2) is 0 Å². The van der Waals surface area contributed by atoms with E-state index in [1.807, 2.05) is 12.1 Å². The third-order valence-electron chi connectivity index (χ3n) is 3.86. The average Bonchev–Trinajstić information content (AvgIpc) is 2.48. The first-order chi connectivity index (χ1) is 9.67. The van der Waals surface area contributed by atoms with Crippen molar-refractivity contribution in [3.63, 3.8) is 0 Å². The Bertz CT molecular complexity index is 497. The number of nitrogens with zero attached hydrogens (tertiary/aromatic N) is 3. The molecule has 1 aromatic carbocycles. The van der Waals surface area contributed by atoms with Crippen LogP contribution in [0.4, 0.5) is 0 Å². The Morgan fingerprint density at radius 3 is 2.90 bits per heavy atom. The number of ether oxygens (including phenoxy) is 1. The zero-order chi connectivity index (χ0) is 14.5. The third-order valence-corrected chi connectivity index (χ3v) is 3.86. The summed E-state index contributed by atoms with van der Waals surface area (Å²) in [6.07, 6.45) is 0.